The Labute approximate surface area is 168 Å². The average Bonchev–Trinajstić information content (AvgIpc) is 2.60. The Hall–Kier alpha value is -2.62. The first kappa shape index (κ1) is 21.7. The minimum atomic E-state index is -1.04. The first-order valence-electron chi connectivity index (χ1n) is 9.61. The van der Waals surface area contributed by atoms with E-state index in [2.05, 4.69) is 46.9 Å². The molecule has 0 aliphatic heterocycles. The van der Waals surface area contributed by atoms with Crippen LogP contribution in [0.5, 0.6) is 0 Å². The van der Waals surface area contributed by atoms with E-state index < -0.39 is 12.0 Å². The fourth-order valence-electron chi connectivity index (χ4n) is 2.94. The zero-order valence-corrected chi connectivity index (χ0v) is 17.7. The monoisotopic (exact) mass is 381 g/mol. The largest absolute Gasteiger partial charge is 0.480 e. The topological polar surface area (TPSA) is 66.4 Å². The van der Waals surface area contributed by atoms with Crippen molar-refractivity contribution in [1.29, 1.82) is 0 Å². The van der Waals surface area contributed by atoms with Gasteiger partial charge in [-0.2, -0.15) is 0 Å². The molecule has 2 rings (SSSR count). The van der Waals surface area contributed by atoms with Gasteiger partial charge in [0.25, 0.3) is 5.91 Å². The SMILES string of the molecule is CC(C)(C)c1ccc(C[C@@H](NC(=O)c2ccc(C(C)(C)C)cc2)C(=O)O)cc1. The summed E-state index contributed by atoms with van der Waals surface area (Å²) in [5.41, 5.74) is 3.69. The van der Waals surface area contributed by atoms with E-state index in [0.29, 0.717) is 5.56 Å². The fraction of sp³-hybridized carbons (Fsp3) is 0.417. The Bertz CT molecular complexity index is 822. The van der Waals surface area contributed by atoms with E-state index in [0.717, 1.165) is 11.1 Å². The fourth-order valence-corrected chi connectivity index (χ4v) is 2.94. The van der Waals surface area contributed by atoms with Crippen LogP contribution >= 0.6 is 0 Å². The van der Waals surface area contributed by atoms with Crippen LogP contribution in [-0.4, -0.2) is 23.0 Å². The first-order valence-corrected chi connectivity index (χ1v) is 9.61. The molecule has 150 valence electrons. The number of carbonyl (C=O) groups excluding carboxylic acids is 1. The van der Waals surface area contributed by atoms with Gasteiger partial charge in [0.05, 0.1) is 0 Å². The van der Waals surface area contributed by atoms with Gasteiger partial charge in [0, 0.05) is 12.0 Å². The summed E-state index contributed by atoms with van der Waals surface area (Å²) in [5, 5.41) is 12.2. The summed E-state index contributed by atoms with van der Waals surface area (Å²) in [6, 6.07) is 14.2. The highest BCUT2D eigenvalue weighted by atomic mass is 16.4. The molecular weight excluding hydrogens is 350 g/mol. The Morgan fingerprint density at radius 1 is 0.821 bits per heavy atom. The van der Waals surface area contributed by atoms with Gasteiger partial charge in [0.1, 0.15) is 6.04 Å². The molecule has 0 heterocycles. The van der Waals surface area contributed by atoms with Crippen molar-refractivity contribution in [3.05, 3.63) is 70.8 Å². The molecule has 0 spiro atoms. The molecule has 0 radical (unpaired) electrons. The molecule has 0 fully saturated rings. The number of aliphatic carboxylic acids is 1. The maximum absolute atomic E-state index is 12.5. The van der Waals surface area contributed by atoms with E-state index in [1.54, 1.807) is 12.1 Å². The number of carboxylic acid groups (broad SMARTS) is 1. The van der Waals surface area contributed by atoms with E-state index in [9.17, 15) is 14.7 Å². The van der Waals surface area contributed by atoms with E-state index in [1.165, 1.54) is 5.56 Å². The number of benzene rings is 2. The molecule has 0 aliphatic rings. The van der Waals surface area contributed by atoms with Crippen molar-refractivity contribution in [3.63, 3.8) is 0 Å². The van der Waals surface area contributed by atoms with Crippen molar-refractivity contribution in [2.75, 3.05) is 0 Å². The number of amides is 1. The summed E-state index contributed by atoms with van der Waals surface area (Å²) in [7, 11) is 0. The summed E-state index contributed by atoms with van der Waals surface area (Å²) < 4.78 is 0. The van der Waals surface area contributed by atoms with Gasteiger partial charge in [0.15, 0.2) is 0 Å². The minimum Gasteiger partial charge on any atom is -0.480 e. The van der Waals surface area contributed by atoms with Gasteiger partial charge in [-0.25, -0.2) is 4.79 Å². The molecule has 0 aromatic heterocycles. The van der Waals surface area contributed by atoms with Gasteiger partial charge < -0.3 is 10.4 Å². The lowest BCUT2D eigenvalue weighted by Gasteiger charge is -2.20. The molecule has 0 saturated carbocycles. The Morgan fingerprint density at radius 3 is 1.64 bits per heavy atom. The van der Waals surface area contributed by atoms with Crippen LogP contribution in [0.1, 0.15) is 68.6 Å². The van der Waals surface area contributed by atoms with Crippen molar-refractivity contribution in [2.45, 2.75) is 64.8 Å². The van der Waals surface area contributed by atoms with Crippen molar-refractivity contribution >= 4 is 11.9 Å². The maximum Gasteiger partial charge on any atom is 0.326 e. The minimum absolute atomic E-state index is 0.00216. The van der Waals surface area contributed by atoms with Crippen LogP contribution in [0.3, 0.4) is 0 Å². The zero-order chi connectivity index (χ0) is 21.1. The number of carbonyl (C=O) groups is 2. The van der Waals surface area contributed by atoms with Gasteiger partial charge >= 0.3 is 5.97 Å². The normalized spacial score (nSPS) is 13.1. The Kier molecular flexibility index (Phi) is 6.33. The number of hydrogen-bond donors (Lipinski definition) is 2. The van der Waals surface area contributed by atoms with Crippen LogP contribution in [0.4, 0.5) is 0 Å². The summed E-state index contributed by atoms with van der Waals surface area (Å²) >= 11 is 0. The third kappa shape index (κ3) is 5.69. The quantitative estimate of drug-likeness (QED) is 0.788. The van der Waals surface area contributed by atoms with E-state index in [4.69, 9.17) is 0 Å². The van der Waals surface area contributed by atoms with Gasteiger partial charge in [-0.05, 0) is 39.7 Å². The summed E-state index contributed by atoms with van der Waals surface area (Å²) in [6.07, 6.45) is 0.242. The Balaban J connectivity index is 2.10. The molecule has 2 aromatic carbocycles. The molecule has 0 unspecified atom stereocenters. The van der Waals surface area contributed by atoms with Crippen LogP contribution in [0.25, 0.3) is 0 Å². The predicted octanol–water partition coefficient (Wildman–Crippen LogP) is 4.71. The summed E-state index contributed by atoms with van der Waals surface area (Å²) in [6.45, 7) is 12.7. The third-order valence-electron chi connectivity index (χ3n) is 4.88. The number of rotatable bonds is 5. The molecule has 0 bridgehead atoms. The van der Waals surface area contributed by atoms with Crippen molar-refractivity contribution < 1.29 is 14.7 Å². The first-order chi connectivity index (χ1) is 12.9. The van der Waals surface area contributed by atoms with Gasteiger partial charge in [-0.3, -0.25) is 4.79 Å². The predicted molar refractivity (Wildman–Crippen MR) is 113 cm³/mol. The molecular formula is C24H31NO3. The second-order valence-corrected chi connectivity index (χ2v) is 9.34. The van der Waals surface area contributed by atoms with Gasteiger partial charge in [-0.15, -0.1) is 0 Å². The highest BCUT2D eigenvalue weighted by Gasteiger charge is 2.22. The molecule has 0 saturated heterocycles. The highest BCUT2D eigenvalue weighted by Crippen LogP contribution is 2.23. The lowest BCUT2D eigenvalue weighted by Crippen LogP contribution is -2.42. The van der Waals surface area contributed by atoms with E-state index in [-0.39, 0.29) is 23.2 Å². The second-order valence-electron chi connectivity index (χ2n) is 9.34. The van der Waals surface area contributed by atoms with Crippen LogP contribution in [0.15, 0.2) is 48.5 Å². The summed E-state index contributed by atoms with van der Waals surface area (Å²) in [5.74, 6) is -1.42. The molecule has 4 nitrogen and oxygen atoms in total. The average molecular weight is 382 g/mol. The van der Waals surface area contributed by atoms with E-state index >= 15 is 0 Å². The lowest BCUT2D eigenvalue weighted by atomic mass is 9.86. The molecule has 4 heteroatoms. The van der Waals surface area contributed by atoms with Crippen LogP contribution in [0.2, 0.25) is 0 Å². The van der Waals surface area contributed by atoms with Crippen molar-refractivity contribution in [2.24, 2.45) is 0 Å². The van der Waals surface area contributed by atoms with Crippen LogP contribution in [-0.2, 0) is 22.0 Å². The molecule has 1 atom stereocenters. The maximum atomic E-state index is 12.5. The molecule has 0 aliphatic carbocycles. The number of carboxylic acids is 1. The molecule has 2 aromatic rings. The molecule has 1 amide bonds. The van der Waals surface area contributed by atoms with Gasteiger partial charge in [-0.1, -0.05) is 77.9 Å². The third-order valence-corrected chi connectivity index (χ3v) is 4.88. The lowest BCUT2D eigenvalue weighted by molar-refractivity contribution is -0.139. The van der Waals surface area contributed by atoms with Crippen LogP contribution in [0, 0.1) is 0 Å². The van der Waals surface area contributed by atoms with Crippen LogP contribution < -0.4 is 5.32 Å². The van der Waals surface area contributed by atoms with Gasteiger partial charge in [0.2, 0.25) is 0 Å². The molecule has 2 N–H and O–H groups in total. The molecule has 28 heavy (non-hydrogen) atoms. The van der Waals surface area contributed by atoms with Crippen molar-refractivity contribution in [3.8, 4) is 0 Å². The number of hydrogen-bond acceptors (Lipinski definition) is 2. The zero-order valence-electron chi connectivity index (χ0n) is 17.7. The standard InChI is InChI=1S/C24H31NO3/c1-23(2,3)18-11-7-16(8-12-18)15-20(22(27)28)25-21(26)17-9-13-19(14-10-17)24(4,5)6/h7-14,20H,15H2,1-6H3,(H,25,26)(H,27,28)/t20-/m1/s1. The van der Waals surface area contributed by atoms with Crippen molar-refractivity contribution in [1.82, 2.24) is 5.32 Å². The second kappa shape index (κ2) is 8.17. The Morgan fingerprint density at radius 2 is 1.25 bits per heavy atom. The van der Waals surface area contributed by atoms with E-state index in [1.807, 2.05) is 36.4 Å². The highest BCUT2D eigenvalue weighted by molar-refractivity contribution is 5.96. The smallest absolute Gasteiger partial charge is 0.326 e. The number of nitrogens with one attached hydrogen (secondary N) is 1. The summed E-state index contributed by atoms with van der Waals surface area (Å²) in [4.78, 5) is 24.2.